The average Bonchev–Trinajstić information content (AvgIpc) is 2.60. The summed E-state index contributed by atoms with van der Waals surface area (Å²) >= 11 is 5.59. The van der Waals surface area contributed by atoms with E-state index in [2.05, 4.69) is 10.6 Å². The van der Waals surface area contributed by atoms with Crippen LogP contribution in [-0.4, -0.2) is 36.1 Å². The van der Waals surface area contributed by atoms with Crippen molar-refractivity contribution >= 4 is 28.9 Å². The molecule has 24 heavy (non-hydrogen) atoms. The number of nitrogens with one attached hydrogen (secondary N) is 2. The van der Waals surface area contributed by atoms with Crippen molar-refractivity contribution in [3.63, 3.8) is 0 Å². The Morgan fingerprint density at radius 3 is 2.79 bits per heavy atom. The molecule has 0 saturated heterocycles. The Balaban J connectivity index is 2.10. The van der Waals surface area contributed by atoms with Gasteiger partial charge < -0.3 is 20.5 Å². The molecule has 0 aliphatic carbocycles. The number of benzene rings is 2. The van der Waals surface area contributed by atoms with Crippen LogP contribution in [0.2, 0.25) is 0 Å². The van der Waals surface area contributed by atoms with Crippen LogP contribution < -0.4 is 15.4 Å². The van der Waals surface area contributed by atoms with E-state index in [1.54, 1.807) is 30.3 Å². The van der Waals surface area contributed by atoms with Crippen molar-refractivity contribution < 1.29 is 14.6 Å². The van der Waals surface area contributed by atoms with Gasteiger partial charge in [0.25, 0.3) is 5.91 Å². The Labute approximate surface area is 146 Å². The summed E-state index contributed by atoms with van der Waals surface area (Å²) in [6, 6.07) is 14.3. The largest absolute Gasteiger partial charge is 0.494 e. The second-order valence-electron chi connectivity index (χ2n) is 5.15. The van der Waals surface area contributed by atoms with Crippen LogP contribution in [0.25, 0.3) is 0 Å². The number of rotatable bonds is 8. The molecule has 0 spiro atoms. The summed E-state index contributed by atoms with van der Waals surface area (Å²) in [5, 5.41) is 15.4. The molecule has 0 aliphatic rings. The highest BCUT2D eigenvalue weighted by Crippen LogP contribution is 2.20. The highest BCUT2D eigenvalue weighted by molar-refractivity contribution is 6.18. The van der Waals surface area contributed by atoms with Gasteiger partial charge in [-0.2, -0.15) is 0 Å². The molecule has 0 bridgehead atoms. The van der Waals surface area contributed by atoms with Crippen LogP contribution >= 0.6 is 11.6 Å². The fourth-order valence-corrected chi connectivity index (χ4v) is 2.26. The van der Waals surface area contributed by atoms with E-state index >= 15 is 0 Å². The molecule has 128 valence electrons. The smallest absolute Gasteiger partial charge is 0.257 e. The van der Waals surface area contributed by atoms with Gasteiger partial charge in [0.15, 0.2) is 0 Å². The first-order valence-corrected chi connectivity index (χ1v) is 8.28. The van der Waals surface area contributed by atoms with E-state index in [-0.39, 0.29) is 18.3 Å². The molecular formula is C18H21ClN2O3. The van der Waals surface area contributed by atoms with E-state index in [1.807, 2.05) is 25.1 Å². The number of alkyl halides is 1. The summed E-state index contributed by atoms with van der Waals surface area (Å²) in [6.45, 7) is 2.74. The number of carbonyl (C=O) groups is 1. The molecular weight excluding hydrogens is 328 g/mol. The summed E-state index contributed by atoms with van der Waals surface area (Å²) in [6.07, 6.45) is -0.675. The summed E-state index contributed by atoms with van der Waals surface area (Å²) in [5.41, 5.74) is 1.78. The van der Waals surface area contributed by atoms with Crippen molar-refractivity contribution in [2.24, 2.45) is 0 Å². The molecule has 5 nitrogen and oxygen atoms in total. The quantitative estimate of drug-likeness (QED) is 0.640. The SMILES string of the molecule is CCOc1cccc(NC(=O)c2ccccc2NCC(O)CCl)c1. The highest BCUT2D eigenvalue weighted by atomic mass is 35.5. The molecule has 3 N–H and O–H groups in total. The lowest BCUT2D eigenvalue weighted by Gasteiger charge is -2.14. The third-order valence-electron chi connectivity index (χ3n) is 3.28. The normalized spacial score (nSPS) is 11.6. The average molecular weight is 349 g/mol. The number of amides is 1. The first kappa shape index (κ1) is 18.1. The van der Waals surface area contributed by atoms with Crippen LogP contribution in [0.15, 0.2) is 48.5 Å². The van der Waals surface area contributed by atoms with Crippen molar-refractivity contribution in [3.8, 4) is 5.75 Å². The number of aliphatic hydroxyl groups is 1. The molecule has 1 amide bonds. The number of ether oxygens (including phenoxy) is 1. The third kappa shape index (κ3) is 5.15. The van der Waals surface area contributed by atoms with Gasteiger partial charge in [0.2, 0.25) is 0 Å². The Hall–Kier alpha value is -2.24. The van der Waals surface area contributed by atoms with Gasteiger partial charge in [-0.15, -0.1) is 11.6 Å². The molecule has 2 rings (SSSR count). The van der Waals surface area contributed by atoms with Crippen LogP contribution in [0, 0.1) is 0 Å². The number of carbonyl (C=O) groups excluding carboxylic acids is 1. The zero-order valence-corrected chi connectivity index (χ0v) is 14.2. The maximum Gasteiger partial charge on any atom is 0.257 e. The minimum Gasteiger partial charge on any atom is -0.494 e. The molecule has 1 unspecified atom stereocenters. The van der Waals surface area contributed by atoms with E-state index in [9.17, 15) is 9.90 Å². The van der Waals surface area contributed by atoms with E-state index in [1.165, 1.54) is 0 Å². The van der Waals surface area contributed by atoms with E-state index in [0.29, 0.717) is 29.3 Å². The molecule has 2 aromatic rings. The standard InChI is InChI=1S/C18H21ClN2O3/c1-2-24-15-7-5-6-13(10-15)21-18(23)16-8-3-4-9-17(16)20-12-14(22)11-19/h3-10,14,20,22H,2,11-12H2,1H3,(H,21,23). The van der Waals surface area contributed by atoms with Crippen molar-refractivity contribution in [2.45, 2.75) is 13.0 Å². The number of anilines is 2. The molecule has 1 atom stereocenters. The topological polar surface area (TPSA) is 70.6 Å². The Kier molecular flexibility index (Phi) is 6.90. The molecule has 0 fully saturated rings. The monoisotopic (exact) mass is 348 g/mol. The summed E-state index contributed by atoms with van der Waals surface area (Å²) in [5.74, 6) is 0.588. The number of para-hydroxylation sites is 1. The Morgan fingerprint density at radius 1 is 1.25 bits per heavy atom. The van der Waals surface area contributed by atoms with Crippen molar-refractivity contribution in [1.29, 1.82) is 0 Å². The molecule has 0 saturated carbocycles. The van der Waals surface area contributed by atoms with E-state index in [0.717, 1.165) is 0 Å². The van der Waals surface area contributed by atoms with Gasteiger partial charge in [-0.05, 0) is 31.2 Å². The van der Waals surface area contributed by atoms with Gasteiger partial charge in [0, 0.05) is 24.0 Å². The van der Waals surface area contributed by atoms with Crippen LogP contribution in [0.1, 0.15) is 17.3 Å². The van der Waals surface area contributed by atoms with Crippen molar-refractivity contribution in [2.75, 3.05) is 29.7 Å². The maximum atomic E-state index is 12.5. The fourth-order valence-electron chi connectivity index (χ4n) is 2.15. The first-order chi connectivity index (χ1) is 11.6. The zero-order valence-electron chi connectivity index (χ0n) is 13.5. The number of hydrogen-bond donors (Lipinski definition) is 3. The van der Waals surface area contributed by atoms with Crippen LogP contribution in [0.3, 0.4) is 0 Å². The predicted molar refractivity (Wildman–Crippen MR) is 97.2 cm³/mol. The molecule has 0 radical (unpaired) electrons. The third-order valence-corrected chi connectivity index (χ3v) is 3.64. The van der Waals surface area contributed by atoms with Gasteiger partial charge in [-0.3, -0.25) is 4.79 Å². The first-order valence-electron chi connectivity index (χ1n) is 7.75. The number of halogens is 1. The second kappa shape index (κ2) is 9.15. The maximum absolute atomic E-state index is 12.5. The Morgan fingerprint density at radius 2 is 2.04 bits per heavy atom. The second-order valence-corrected chi connectivity index (χ2v) is 5.46. The summed E-state index contributed by atoms with van der Waals surface area (Å²) in [7, 11) is 0. The fraction of sp³-hybridized carbons (Fsp3) is 0.278. The minimum absolute atomic E-state index is 0.131. The predicted octanol–water partition coefficient (Wildman–Crippen LogP) is 3.35. The van der Waals surface area contributed by atoms with Gasteiger partial charge >= 0.3 is 0 Å². The van der Waals surface area contributed by atoms with Gasteiger partial charge in [-0.25, -0.2) is 0 Å². The van der Waals surface area contributed by atoms with Crippen LogP contribution in [-0.2, 0) is 0 Å². The lowest BCUT2D eigenvalue weighted by atomic mass is 10.1. The molecule has 0 aromatic heterocycles. The zero-order chi connectivity index (χ0) is 17.4. The van der Waals surface area contributed by atoms with Crippen molar-refractivity contribution in [3.05, 3.63) is 54.1 Å². The molecule has 6 heteroatoms. The van der Waals surface area contributed by atoms with Gasteiger partial charge in [-0.1, -0.05) is 18.2 Å². The number of hydrogen-bond acceptors (Lipinski definition) is 4. The minimum atomic E-state index is -0.675. The highest BCUT2D eigenvalue weighted by Gasteiger charge is 2.12. The lowest BCUT2D eigenvalue weighted by molar-refractivity contribution is 0.102. The summed E-state index contributed by atoms with van der Waals surface area (Å²) < 4.78 is 5.43. The van der Waals surface area contributed by atoms with Gasteiger partial charge in [0.05, 0.1) is 24.2 Å². The number of aliphatic hydroxyl groups excluding tert-OH is 1. The molecule has 2 aromatic carbocycles. The van der Waals surface area contributed by atoms with Gasteiger partial charge in [0.1, 0.15) is 5.75 Å². The van der Waals surface area contributed by atoms with E-state index in [4.69, 9.17) is 16.3 Å². The van der Waals surface area contributed by atoms with Crippen molar-refractivity contribution in [1.82, 2.24) is 0 Å². The van der Waals surface area contributed by atoms with E-state index < -0.39 is 6.10 Å². The van der Waals surface area contributed by atoms with Crippen LogP contribution in [0.5, 0.6) is 5.75 Å². The van der Waals surface area contributed by atoms with Crippen LogP contribution in [0.4, 0.5) is 11.4 Å². The summed E-state index contributed by atoms with van der Waals surface area (Å²) in [4.78, 5) is 12.5. The Bertz CT molecular complexity index is 679. The molecule has 0 aliphatic heterocycles. The lowest BCUT2D eigenvalue weighted by Crippen LogP contribution is -2.22. The molecule has 0 heterocycles.